The Morgan fingerprint density at radius 3 is 2.48 bits per heavy atom. The zero-order chi connectivity index (χ0) is 15.6. The molecule has 0 saturated carbocycles. The lowest BCUT2D eigenvalue weighted by Crippen LogP contribution is -2.22. The number of para-hydroxylation sites is 1. The van der Waals surface area contributed by atoms with Crippen LogP contribution in [-0.4, -0.2) is 29.5 Å². The predicted octanol–water partition coefficient (Wildman–Crippen LogP) is 2.96. The minimum atomic E-state index is 0.0130. The minimum absolute atomic E-state index is 0.0130. The quantitative estimate of drug-likeness (QED) is 0.937. The van der Waals surface area contributed by atoms with E-state index in [-0.39, 0.29) is 5.91 Å². The summed E-state index contributed by atoms with van der Waals surface area (Å²) in [7, 11) is 5.60. The van der Waals surface area contributed by atoms with Gasteiger partial charge >= 0.3 is 0 Å². The van der Waals surface area contributed by atoms with Crippen molar-refractivity contribution in [1.29, 1.82) is 0 Å². The topological polar surface area (TPSA) is 37.3 Å². The summed E-state index contributed by atoms with van der Waals surface area (Å²) in [4.78, 5) is 13.8. The second-order valence-electron chi connectivity index (χ2n) is 5.55. The molecule has 1 N–H and O–H groups in total. The summed E-state index contributed by atoms with van der Waals surface area (Å²) in [5.41, 5.74) is 5.31. The van der Waals surface area contributed by atoms with Crippen molar-refractivity contribution in [3.8, 4) is 0 Å². The molecule has 2 rings (SSSR count). The number of nitrogens with zero attached hydrogens (tertiary/aromatic N) is 2. The molecule has 21 heavy (non-hydrogen) atoms. The molecular weight excluding hydrogens is 262 g/mol. The highest BCUT2D eigenvalue weighted by molar-refractivity contribution is 5.99. The van der Waals surface area contributed by atoms with Crippen LogP contribution < -0.4 is 5.32 Å². The first-order valence-electron chi connectivity index (χ1n) is 7.08. The largest absolute Gasteiger partial charge is 0.380 e. The summed E-state index contributed by atoms with van der Waals surface area (Å²) in [5, 5.41) is 3.39. The molecule has 0 aliphatic heterocycles. The fourth-order valence-electron chi connectivity index (χ4n) is 2.37. The molecule has 0 aliphatic carbocycles. The minimum Gasteiger partial charge on any atom is -0.380 e. The molecule has 2 aromatic rings. The van der Waals surface area contributed by atoms with Crippen LogP contribution in [0.3, 0.4) is 0 Å². The van der Waals surface area contributed by atoms with Crippen molar-refractivity contribution in [1.82, 2.24) is 9.47 Å². The van der Waals surface area contributed by atoms with E-state index in [9.17, 15) is 4.79 Å². The van der Waals surface area contributed by atoms with Crippen LogP contribution in [0.5, 0.6) is 0 Å². The third-order valence-electron chi connectivity index (χ3n) is 3.91. The number of carbonyl (C=O) groups is 1. The number of hydrogen-bond donors (Lipinski definition) is 1. The van der Waals surface area contributed by atoms with Gasteiger partial charge in [0.15, 0.2) is 0 Å². The Labute approximate surface area is 126 Å². The van der Waals surface area contributed by atoms with Gasteiger partial charge in [-0.25, -0.2) is 0 Å². The fourth-order valence-corrected chi connectivity index (χ4v) is 2.37. The van der Waals surface area contributed by atoms with E-state index < -0.39 is 0 Å². The fraction of sp³-hybridized carbons (Fsp3) is 0.353. The summed E-state index contributed by atoms with van der Waals surface area (Å²) < 4.78 is 2.17. The molecule has 0 aliphatic rings. The van der Waals surface area contributed by atoms with E-state index in [0.29, 0.717) is 12.1 Å². The zero-order valence-electron chi connectivity index (χ0n) is 13.4. The number of aryl methyl sites for hydroxylation is 1. The Morgan fingerprint density at radius 1 is 1.24 bits per heavy atom. The Bertz CT molecular complexity index is 656. The van der Waals surface area contributed by atoms with Crippen LogP contribution in [0.25, 0.3) is 0 Å². The van der Waals surface area contributed by atoms with Crippen LogP contribution >= 0.6 is 0 Å². The zero-order valence-corrected chi connectivity index (χ0v) is 13.4. The number of hydrogen-bond acceptors (Lipinski definition) is 2. The standard InChI is InChI=1S/C17H23N3O/c1-12-10-14(13(2)20(12)5)11-18-16-9-7-6-8-15(16)17(21)19(3)4/h6-10,18H,11H2,1-5H3. The molecule has 1 heterocycles. The van der Waals surface area contributed by atoms with Gasteiger partial charge in [-0.05, 0) is 37.6 Å². The van der Waals surface area contributed by atoms with Crippen LogP contribution in [0, 0.1) is 13.8 Å². The maximum Gasteiger partial charge on any atom is 0.255 e. The monoisotopic (exact) mass is 285 g/mol. The molecule has 112 valence electrons. The molecule has 1 amide bonds. The number of anilines is 1. The Balaban J connectivity index is 2.21. The second kappa shape index (κ2) is 6.04. The van der Waals surface area contributed by atoms with Crippen LogP contribution in [0.2, 0.25) is 0 Å². The maximum absolute atomic E-state index is 12.2. The summed E-state index contributed by atoms with van der Waals surface area (Å²) in [6, 6.07) is 9.81. The van der Waals surface area contributed by atoms with Crippen molar-refractivity contribution in [3.05, 3.63) is 52.8 Å². The number of nitrogens with one attached hydrogen (secondary N) is 1. The SMILES string of the molecule is Cc1cc(CNc2ccccc2C(=O)N(C)C)c(C)n1C. The van der Waals surface area contributed by atoms with E-state index >= 15 is 0 Å². The Hall–Kier alpha value is -2.23. The van der Waals surface area contributed by atoms with Crippen molar-refractivity contribution >= 4 is 11.6 Å². The number of amides is 1. The third-order valence-corrected chi connectivity index (χ3v) is 3.91. The molecule has 0 saturated heterocycles. The molecule has 0 spiro atoms. The van der Waals surface area contributed by atoms with Gasteiger partial charge < -0.3 is 14.8 Å². The van der Waals surface area contributed by atoms with E-state index in [2.05, 4.69) is 36.8 Å². The lowest BCUT2D eigenvalue weighted by atomic mass is 10.1. The average Bonchev–Trinajstić information content (AvgIpc) is 2.72. The van der Waals surface area contributed by atoms with E-state index in [1.807, 2.05) is 24.3 Å². The van der Waals surface area contributed by atoms with Crippen molar-refractivity contribution in [2.24, 2.45) is 7.05 Å². The van der Waals surface area contributed by atoms with Gasteiger partial charge in [-0.3, -0.25) is 4.79 Å². The summed E-state index contributed by atoms with van der Waals surface area (Å²) in [6.07, 6.45) is 0. The molecular formula is C17H23N3O. The van der Waals surface area contributed by atoms with E-state index in [1.54, 1.807) is 19.0 Å². The normalized spacial score (nSPS) is 10.5. The average molecular weight is 285 g/mol. The first-order chi connectivity index (χ1) is 9.91. The lowest BCUT2D eigenvalue weighted by molar-refractivity contribution is 0.0828. The number of benzene rings is 1. The molecule has 0 fully saturated rings. The lowest BCUT2D eigenvalue weighted by Gasteiger charge is -2.15. The number of aromatic nitrogens is 1. The van der Waals surface area contributed by atoms with Gasteiger partial charge in [0.05, 0.1) is 5.56 Å². The molecule has 1 aromatic heterocycles. The molecule has 0 atom stereocenters. The molecule has 4 heteroatoms. The maximum atomic E-state index is 12.2. The van der Waals surface area contributed by atoms with Crippen LogP contribution in [0.4, 0.5) is 5.69 Å². The first-order valence-corrected chi connectivity index (χ1v) is 7.08. The smallest absolute Gasteiger partial charge is 0.255 e. The summed E-state index contributed by atoms with van der Waals surface area (Å²) in [6.45, 7) is 4.92. The van der Waals surface area contributed by atoms with Gasteiger partial charge in [-0.1, -0.05) is 12.1 Å². The Kier molecular flexibility index (Phi) is 4.36. The molecule has 0 bridgehead atoms. The summed E-state index contributed by atoms with van der Waals surface area (Å²) in [5.74, 6) is 0.0130. The van der Waals surface area contributed by atoms with Gasteiger partial charge in [-0.2, -0.15) is 0 Å². The van der Waals surface area contributed by atoms with Gasteiger partial charge in [0.25, 0.3) is 5.91 Å². The molecule has 0 unspecified atom stereocenters. The second-order valence-corrected chi connectivity index (χ2v) is 5.55. The van der Waals surface area contributed by atoms with Gasteiger partial charge in [-0.15, -0.1) is 0 Å². The highest BCUT2D eigenvalue weighted by Crippen LogP contribution is 2.19. The van der Waals surface area contributed by atoms with Crippen molar-refractivity contribution < 1.29 is 4.79 Å². The number of rotatable bonds is 4. The van der Waals surface area contributed by atoms with E-state index in [0.717, 1.165) is 5.69 Å². The highest BCUT2D eigenvalue weighted by atomic mass is 16.2. The van der Waals surface area contributed by atoms with Gasteiger partial charge in [0, 0.05) is 44.8 Å². The van der Waals surface area contributed by atoms with Crippen molar-refractivity contribution in [2.45, 2.75) is 20.4 Å². The van der Waals surface area contributed by atoms with Crippen LogP contribution in [0.1, 0.15) is 27.3 Å². The van der Waals surface area contributed by atoms with Crippen molar-refractivity contribution in [2.75, 3.05) is 19.4 Å². The summed E-state index contributed by atoms with van der Waals surface area (Å²) >= 11 is 0. The van der Waals surface area contributed by atoms with Crippen LogP contribution in [0.15, 0.2) is 30.3 Å². The third kappa shape index (κ3) is 3.10. The van der Waals surface area contributed by atoms with Gasteiger partial charge in [0.1, 0.15) is 0 Å². The molecule has 0 radical (unpaired) electrons. The first kappa shape index (κ1) is 15.2. The highest BCUT2D eigenvalue weighted by Gasteiger charge is 2.13. The van der Waals surface area contributed by atoms with E-state index in [1.165, 1.54) is 17.0 Å². The number of carbonyl (C=O) groups excluding carboxylic acids is 1. The van der Waals surface area contributed by atoms with Crippen molar-refractivity contribution in [3.63, 3.8) is 0 Å². The molecule has 4 nitrogen and oxygen atoms in total. The van der Waals surface area contributed by atoms with Gasteiger partial charge in [0.2, 0.25) is 0 Å². The van der Waals surface area contributed by atoms with Crippen LogP contribution in [-0.2, 0) is 13.6 Å². The van der Waals surface area contributed by atoms with E-state index in [4.69, 9.17) is 0 Å². The molecule has 1 aromatic carbocycles. The predicted molar refractivity (Wildman–Crippen MR) is 86.7 cm³/mol. The Morgan fingerprint density at radius 2 is 1.90 bits per heavy atom.